The smallest absolute Gasteiger partial charge is 0.269 e. The summed E-state index contributed by atoms with van der Waals surface area (Å²) in [5.41, 5.74) is 2.93. The summed E-state index contributed by atoms with van der Waals surface area (Å²) < 4.78 is 3.87. The molecule has 9 heteroatoms. The van der Waals surface area contributed by atoms with Crippen LogP contribution in [0, 0.1) is 0 Å². The molecule has 4 rings (SSSR count). The lowest BCUT2D eigenvalue weighted by molar-refractivity contribution is -0.115. The van der Waals surface area contributed by atoms with Crippen molar-refractivity contribution in [1.82, 2.24) is 9.59 Å². The average molecular weight is 421 g/mol. The van der Waals surface area contributed by atoms with Crippen molar-refractivity contribution in [3.8, 4) is 0 Å². The van der Waals surface area contributed by atoms with Crippen LogP contribution in [0.1, 0.15) is 39.1 Å². The molecule has 8 nitrogen and oxygen atoms in total. The van der Waals surface area contributed by atoms with Crippen molar-refractivity contribution in [2.24, 2.45) is 0 Å². The number of amides is 3. The van der Waals surface area contributed by atoms with E-state index in [1.807, 2.05) is 13.0 Å². The molecule has 0 spiro atoms. The first-order valence-corrected chi connectivity index (χ1v) is 10.3. The predicted octanol–water partition coefficient (Wildman–Crippen LogP) is 3.34. The number of hydrogen-bond acceptors (Lipinski definition) is 6. The molecule has 1 aliphatic heterocycles. The Bertz CT molecular complexity index is 1110. The quantitative estimate of drug-likeness (QED) is 0.657. The predicted molar refractivity (Wildman–Crippen MR) is 115 cm³/mol. The summed E-state index contributed by atoms with van der Waals surface area (Å²) in [6, 6.07) is 13.7. The first-order valence-electron chi connectivity index (χ1n) is 9.50. The van der Waals surface area contributed by atoms with Crippen LogP contribution in [0.25, 0.3) is 0 Å². The molecular weight excluding hydrogens is 402 g/mol. The normalized spacial score (nSPS) is 12.8. The molecule has 1 aliphatic rings. The van der Waals surface area contributed by atoms with Gasteiger partial charge < -0.3 is 10.6 Å². The molecule has 0 aliphatic carbocycles. The molecule has 0 bridgehead atoms. The van der Waals surface area contributed by atoms with Crippen LogP contribution >= 0.6 is 11.5 Å². The third-order valence-electron chi connectivity index (χ3n) is 4.65. The molecular formula is C21H19N5O3S. The number of hydrogen-bond donors (Lipinski definition) is 2. The molecule has 0 atom stereocenters. The van der Waals surface area contributed by atoms with E-state index in [2.05, 4.69) is 20.2 Å². The lowest BCUT2D eigenvalue weighted by Gasteiger charge is -2.29. The molecule has 2 N–H and O–H groups in total. The maximum absolute atomic E-state index is 13.0. The third-order valence-corrected chi connectivity index (χ3v) is 5.42. The minimum Gasteiger partial charge on any atom is -0.323 e. The Kier molecular flexibility index (Phi) is 5.53. The molecule has 0 radical (unpaired) electrons. The monoisotopic (exact) mass is 421 g/mol. The third kappa shape index (κ3) is 3.92. The van der Waals surface area contributed by atoms with Crippen LogP contribution in [0.4, 0.5) is 17.1 Å². The largest absolute Gasteiger partial charge is 0.323 e. The summed E-state index contributed by atoms with van der Waals surface area (Å²) >= 11 is 1.07. The number of nitrogens with one attached hydrogen (secondary N) is 2. The molecule has 0 saturated heterocycles. The van der Waals surface area contributed by atoms with Crippen molar-refractivity contribution in [1.29, 1.82) is 0 Å². The molecule has 3 amide bonds. The molecule has 30 heavy (non-hydrogen) atoms. The highest BCUT2D eigenvalue weighted by Gasteiger charge is 2.27. The number of aryl methyl sites for hydroxylation is 1. The number of anilines is 3. The Balaban J connectivity index is 1.50. The van der Waals surface area contributed by atoms with Gasteiger partial charge in [-0.2, -0.15) is 0 Å². The number of rotatable bonds is 5. The highest BCUT2D eigenvalue weighted by Crippen LogP contribution is 2.30. The Morgan fingerprint density at radius 2 is 1.93 bits per heavy atom. The molecule has 1 aromatic heterocycles. The highest BCUT2D eigenvalue weighted by molar-refractivity contribution is 7.08. The van der Waals surface area contributed by atoms with Gasteiger partial charge in [-0.3, -0.25) is 19.3 Å². The second-order valence-electron chi connectivity index (χ2n) is 6.79. The number of nitrogens with zero attached hydrogens (tertiary/aromatic N) is 3. The van der Waals surface area contributed by atoms with E-state index in [4.69, 9.17) is 0 Å². The zero-order chi connectivity index (χ0) is 21.1. The maximum atomic E-state index is 13.0. The molecule has 3 aromatic rings. The summed E-state index contributed by atoms with van der Waals surface area (Å²) in [5.74, 6) is -0.798. The number of para-hydroxylation sites is 2. The van der Waals surface area contributed by atoms with Gasteiger partial charge in [-0.25, -0.2) is 0 Å². The standard InChI is InChI=1S/C21H19N5O3S/c1-2-5-16-19(30-25-24-16)20(28)22-14-10-8-13(9-11-14)21(29)26-12-18(27)23-15-6-3-4-7-17(15)26/h3-4,6-11H,2,5,12H2,1H3,(H,22,28)(H,23,27). The van der Waals surface area contributed by atoms with Crippen LogP contribution in [0.2, 0.25) is 0 Å². The van der Waals surface area contributed by atoms with Gasteiger partial charge in [0, 0.05) is 11.3 Å². The lowest BCUT2D eigenvalue weighted by atomic mass is 10.1. The summed E-state index contributed by atoms with van der Waals surface area (Å²) in [5, 5.41) is 9.59. The van der Waals surface area contributed by atoms with Gasteiger partial charge in [0.1, 0.15) is 11.4 Å². The lowest BCUT2D eigenvalue weighted by Crippen LogP contribution is -2.42. The molecule has 0 saturated carbocycles. The van der Waals surface area contributed by atoms with Crippen molar-refractivity contribution in [2.75, 3.05) is 22.1 Å². The van der Waals surface area contributed by atoms with Crippen molar-refractivity contribution >= 4 is 46.3 Å². The van der Waals surface area contributed by atoms with Gasteiger partial charge in [-0.15, -0.1) is 5.10 Å². The Morgan fingerprint density at radius 1 is 1.17 bits per heavy atom. The molecule has 2 heterocycles. The van der Waals surface area contributed by atoms with Crippen LogP contribution in [-0.2, 0) is 11.2 Å². The van der Waals surface area contributed by atoms with Crippen LogP contribution < -0.4 is 15.5 Å². The summed E-state index contributed by atoms with van der Waals surface area (Å²) in [7, 11) is 0. The van der Waals surface area contributed by atoms with Crippen LogP contribution in [0.5, 0.6) is 0 Å². The van der Waals surface area contributed by atoms with E-state index >= 15 is 0 Å². The van der Waals surface area contributed by atoms with Gasteiger partial charge in [0.15, 0.2) is 0 Å². The first-order chi connectivity index (χ1) is 14.6. The Hall–Kier alpha value is -3.59. The fourth-order valence-corrected chi connectivity index (χ4v) is 3.84. The summed E-state index contributed by atoms with van der Waals surface area (Å²) in [6.45, 7) is 1.97. The SMILES string of the molecule is CCCc1nnsc1C(=O)Nc1ccc(C(=O)N2CC(=O)Nc3ccccc32)cc1. The van der Waals surface area contributed by atoms with E-state index in [-0.39, 0.29) is 24.3 Å². The number of carbonyl (C=O) groups is 3. The average Bonchev–Trinajstić information content (AvgIpc) is 3.22. The fraction of sp³-hybridized carbons (Fsp3) is 0.190. The van der Waals surface area contributed by atoms with Gasteiger partial charge in [0.25, 0.3) is 11.8 Å². The minimum atomic E-state index is -0.285. The van der Waals surface area contributed by atoms with E-state index in [1.165, 1.54) is 4.90 Å². The highest BCUT2D eigenvalue weighted by atomic mass is 32.1. The summed E-state index contributed by atoms with van der Waals surface area (Å²) in [4.78, 5) is 39.4. The van der Waals surface area contributed by atoms with Gasteiger partial charge in [0.05, 0.1) is 17.1 Å². The maximum Gasteiger partial charge on any atom is 0.269 e. The van der Waals surface area contributed by atoms with Crippen LogP contribution in [0.3, 0.4) is 0 Å². The van der Waals surface area contributed by atoms with E-state index in [0.29, 0.717) is 39.6 Å². The number of aromatic nitrogens is 2. The fourth-order valence-electron chi connectivity index (χ4n) is 3.24. The number of fused-ring (bicyclic) bond motifs is 1. The van der Waals surface area contributed by atoms with Crippen molar-refractivity contribution in [3.63, 3.8) is 0 Å². The number of carbonyl (C=O) groups excluding carboxylic acids is 3. The second kappa shape index (κ2) is 8.42. The zero-order valence-electron chi connectivity index (χ0n) is 16.2. The molecule has 2 aromatic carbocycles. The van der Waals surface area contributed by atoms with Crippen molar-refractivity contribution in [3.05, 3.63) is 64.7 Å². The summed E-state index contributed by atoms with van der Waals surface area (Å²) in [6.07, 6.45) is 1.57. The second-order valence-corrected chi connectivity index (χ2v) is 7.54. The van der Waals surface area contributed by atoms with Crippen LogP contribution in [-0.4, -0.2) is 33.9 Å². The van der Waals surface area contributed by atoms with Crippen molar-refractivity contribution in [2.45, 2.75) is 19.8 Å². The van der Waals surface area contributed by atoms with E-state index in [1.54, 1.807) is 42.5 Å². The first kappa shape index (κ1) is 19.7. The van der Waals surface area contributed by atoms with Gasteiger partial charge >= 0.3 is 0 Å². The minimum absolute atomic E-state index is 0.0487. The Morgan fingerprint density at radius 3 is 2.70 bits per heavy atom. The van der Waals surface area contributed by atoms with E-state index < -0.39 is 0 Å². The molecule has 0 fully saturated rings. The van der Waals surface area contributed by atoms with Crippen LogP contribution in [0.15, 0.2) is 48.5 Å². The van der Waals surface area contributed by atoms with Gasteiger partial charge in [-0.05, 0) is 54.4 Å². The number of benzene rings is 2. The van der Waals surface area contributed by atoms with E-state index in [9.17, 15) is 14.4 Å². The molecule has 0 unspecified atom stereocenters. The topological polar surface area (TPSA) is 104 Å². The van der Waals surface area contributed by atoms with Crippen molar-refractivity contribution < 1.29 is 14.4 Å². The molecule has 152 valence electrons. The Labute approximate surface area is 177 Å². The van der Waals surface area contributed by atoms with Gasteiger partial charge in [-0.1, -0.05) is 30.0 Å². The van der Waals surface area contributed by atoms with E-state index in [0.717, 1.165) is 18.0 Å². The van der Waals surface area contributed by atoms with Gasteiger partial charge in [0.2, 0.25) is 5.91 Å². The zero-order valence-corrected chi connectivity index (χ0v) is 17.0.